The van der Waals surface area contributed by atoms with Crippen LogP contribution in [0.25, 0.3) is 0 Å². The van der Waals surface area contributed by atoms with E-state index in [1.807, 2.05) is 0 Å². The van der Waals surface area contributed by atoms with Gasteiger partial charge in [0.15, 0.2) is 0 Å². The summed E-state index contributed by atoms with van der Waals surface area (Å²) in [4.78, 5) is 2.46. The molecule has 1 saturated heterocycles. The topological polar surface area (TPSA) is 15.3 Å². The highest BCUT2D eigenvalue weighted by molar-refractivity contribution is 9.10. The zero-order chi connectivity index (χ0) is 10.8. The lowest BCUT2D eigenvalue weighted by atomic mass is 10.1. The summed E-state index contributed by atoms with van der Waals surface area (Å²) in [5.74, 6) is 0. The first-order chi connectivity index (χ1) is 7.18. The van der Waals surface area contributed by atoms with Gasteiger partial charge in [0.05, 0.1) is 0 Å². The third-order valence-electron chi connectivity index (χ3n) is 2.92. The van der Waals surface area contributed by atoms with Crippen molar-refractivity contribution in [2.45, 2.75) is 13.8 Å². The lowest BCUT2D eigenvalue weighted by Gasteiger charge is -2.31. The summed E-state index contributed by atoms with van der Waals surface area (Å²) in [7, 11) is 0. The van der Waals surface area contributed by atoms with Crippen LogP contribution < -0.4 is 10.2 Å². The van der Waals surface area contributed by atoms with E-state index in [4.69, 9.17) is 0 Å². The molecule has 2 rings (SSSR count). The molecule has 15 heavy (non-hydrogen) atoms. The largest absolute Gasteiger partial charge is 0.369 e. The van der Waals surface area contributed by atoms with Crippen molar-refractivity contribution in [2.75, 3.05) is 31.1 Å². The molecule has 0 atom stereocenters. The van der Waals surface area contributed by atoms with E-state index in [1.165, 1.54) is 21.3 Å². The molecule has 1 aromatic rings. The van der Waals surface area contributed by atoms with E-state index < -0.39 is 0 Å². The van der Waals surface area contributed by atoms with Crippen LogP contribution in [0.2, 0.25) is 0 Å². The van der Waals surface area contributed by atoms with Crippen LogP contribution in [-0.4, -0.2) is 26.2 Å². The Balaban J connectivity index is 2.33. The van der Waals surface area contributed by atoms with Gasteiger partial charge in [-0.15, -0.1) is 0 Å². The molecule has 0 aromatic heterocycles. The third-order valence-corrected chi connectivity index (χ3v) is 3.74. The molecule has 0 saturated carbocycles. The first kappa shape index (κ1) is 11.0. The molecule has 1 N–H and O–H groups in total. The quantitative estimate of drug-likeness (QED) is 0.842. The third kappa shape index (κ3) is 2.34. The van der Waals surface area contributed by atoms with E-state index in [-0.39, 0.29) is 0 Å². The Bertz CT molecular complexity index is 357. The van der Waals surface area contributed by atoms with Crippen molar-refractivity contribution >= 4 is 21.6 Å². The minimum atomic E-state index is 1.09. The fourth-order valence-corrected chi connectivity index (χ4v) is 2.59. The SMILES string of the molecule is Cc1cc(Br)c(C)c(N2CCNCC2)c1. The maximum Gasteiger partial charge on any atom is 0.0410 e. The molecule has 3 heteroatoms. The second-order valence-corrected chi connectivity index (χ2v) is 4.98. The van der Waals surface area contributed by atoms with Crippen LogP contribution in [0.1, 0.15) is 11.1 Å². The molecule has 0 bridgehead atoms. The van der Waals surface area contributed by atoms with E-state index in [9.17, 15) is 0 Å². The normalized spacial score (nSPS) is 16.9. The van der Waals surface area contributed by atoms with Crippen LogP contribution in [0, 0.1) is 13.8 Å². The second-order valence-electron chi connectivity index (χ2n) is 4.13. The number of aryl methyl sites for hydroxylation is 1. The molecule has 0 aliphatic carbocycles. The van der Waals surface area contributed by atoms with Crippen molar-refractivity contribution < 1.29 is 0 Å². The number of rotatable bonds is 1. The second kappa shape index (κ2) is 4.54. The Kier molecular flexibility index (Phi) is 3.32. The van der Waals surface area contributed by atoms with E-state index in [0.717, 1.165) is 26.2 Å². The summed E-state index contributed by atoms with van der Waals surface area (Å²) in [6, 6.07) is 4.46. The smallest absolute Gasteiger partial charge is 0.0410 e. The van der Waals surface area contributed by atoms with Crippen molar-refractivity contribution in [1.82, 2.24) is 5.32 Å². The van der Waals surface area contributed by atoms with Crippen LogP contribution in [0.5, 0.6) is 0 Å². The number of halogens is 1. The maximum absolute atomic E-state index is 3.62. The Morgan fingerprint density at radius 3 is 2.53 bits per heavy atom. The number of piperazine rings is 1. The number of benzene rings is 1. The summed E-state index contributed by atoms with van der Waals surface area (Å²) < 4.78 is 1.22. The van der Waals surface area contributed by atoms with E-state index >= 15 is 0 Å². The van der Waals surface area contributed by atoms with E-state index in [0.29, 0.717) is 0 Å². The van der Waals surface area contributed by atoms with Crippen molar-refractivity contribution in [3.63, 3.8) is 0 Å². The zero-order valence-corrected chi connectivity index (χ0v) is 10.9. The van der Waals surface area contributed by atoms with E-state index in [1.54, 1.807) is 0 Å². The minimum Gasteiger partial charge on any atom is -0.369 e. The summed E-state index contributed by atoms with van der Waals surface area (Å²) >= 11 is 3.62. The van der Waals surface area contributed by atoms with Gasteiger partial charge >= 0.3 is 0 Å². The van der Waals surface area contributed by atoms with Gasteiger partial charge in [-0.05, 0) is 37.1 Å². The molecule has 1 fully saturated rings. The lowest BCUT2D eigenvalue weighted by Crippen LogP contribution is -2.43. The molecule has 1 heterocycles. The highest BCUT2D eigenvalue weighted by Gasteiger charge is 2.14. The first-order valence-corrected chi connectivity index (χ1v) is 6.20. The number of nitrogens with one attached hydrogen (secondary N) is 1. The van der Waals surface area contributed by atoms with Gasteiger partial charge in [-0.3, -0.25) is 0 Å². The van der Waals surface area contributed by atoms with Crippen molar-refractivity contribution in [3.8, 4) is 0 Å². The highest BCUT2D eigenvalue weighted by atomic mass is 79.9. The molecule has 1 aromatic carbocycles. The Morgan fingerprint density at radius 1 is 1.20 bits per heavy atom. The first-order valence-electron chi connectivity index (χ1n) is 5.41. The van der Waals surface area contributed by atoms with Crippen molar-refractivity contribution in [3.05, 3.63) is 27.7 Å². The summed E-state index contributed by atoms with van der Waals surface area (Å²) in [6.07, 6.45) is 0. The van der Waals surface area contributed by atoms with Gasteiger partial charge in [0.2, 0.25) is 0 Å². The van der Waals surface area contributed by atoms with Gasteiger partial charge in [0.1, 0.15) is 0 Å². The molecule has 0 unspecified atom stereocenters. The standard InChI is InChI=1S/C12H17BrN2/c1-9-7-11(13)10(2)12(8-9)15-5-3-14-4-6-15/h7-8,14H,3-6H2,1-2H3. The summed E-state index contributed by atoms with van der Waals surface area (Å²) in [5, 5.41) is 3.38. The average molecular weight is 269 g/mol. The van der Waals surface area contributed by atoms with Gasteiger partial charge in [0.25, 0.3) is 0 Å². The lowest BCUT2D eigenvalue weighted by molar-refractivity contribution is 0.588. The monoisotopic (exact) mass is 268 g/mol. The minimum absolute atomic E-state index is 1.09. The maximum atomic E-state index is 3.62. The zero-order valence-electron chi connectivity index (χ0n) is 9.31. The Morgan fingerprint density at radius 2 is 1.87 bits per heavy atom. The predicted molar refractivity (Wildman–Crippen MR) is 68.7 cm³/mol. The fourth-order valence-electron chi connectivity index (χ4n) is 2.03. The van der Waals surface area contributed by atoms with Crippen LogP contribution in [-0.2, 0) is 0 Å². The van der Waals surface area contributed by atoms with Crippen LogP contribution in [0.15, 0.2) is 16.6 Å². The fraction of sp³-hybridized carbons (Fsp3) is 0.500. The van der Waals surface area contributed by atoms with Gasteiger partial charge in [-0.1, -0.05) is 15.9 Å². The Hall–Kier alpha value is -0.540. The van der Waals surface area contributed by atoms with Crippen molar-refractivity contribution in [2.24, 2.45) is 0 Å². The van der Waals surface area contributed by atoms with Gasteiger partial charge in [-0.25, -0.2) is 0 Å². The number of hydrogen-bond acceptors (Lipinski definition) is 2. The molecular weight excluding hydrogens is 252 g/mol. The van der Waals surface area contributed by atoms with Crippen LogP contribution in [0.4, 0.5) is 5.69 Å². The van der Waals surface area contributed by atoms with Crippen LogP contribution >= 0.6 is 15.9 Å². The molecule has 2 nitrogen and oxygen atoms in total. The van der Waals surface area contributed by atoms with Gasteiger partial charge < -0.3 is 10.2 Å². The number of anilines is 1. The molecule has 82 valence electrons. The van der Waals surface area contributed by atoms with Gasteiger partial charge in [0, 0.05) is 36.3 Å². The predicted octanol–water partition coefficient (Wildman–Crippen LogP) is 2.48. The summed E-state index contributed by atoms with van der Waals surface area (Å²) in [6.45, 7) is 8.72. The molecule has 1 aliphatic rings. The number of nitrogens with zero attached hydrogens (tertiary/aromatic N) is 1. The molecule has 0 spiro atoms. The molecule has 0 amide bonds. The molecule has 1 aliphatic heterocycles. The number of hydrogen-bond donors (Lipinski definition) is 1. The summed E-state index contributed by atoms with van der Waals surface area (Å²) in [5.41, 5.74) is 4.05. The molecular formula is C12H17BrN2. The highest BCUT2D eigenvalue weighted by Crippen LogP contribution is 2.28. The van der Waals surface area contributed by atoms with Crippen molar-refractivity contribution in [1.29, 1.82) is 0 Å². The average Bonchev–Trinajstić information content (AvgIpc) is 2.24. The van der Waals surface area contributed by atoms with E-state index in [2.05, 4.69) is 52.1 Å². The van der Waals surface area contributed by atoms with Gasteiger partial charge in [-0.2, -0.15) is 0 Å². The molecule has 0 radical (unpaired) electrons. The Labute approximate surface area is 99.8 Å². The van der Waals surface area contributed by atoms with Crippen LogP contribution in [0.3, 0.4) is 0 Å².